The average Bonchev–Trinajstić information content (AvgIpc) is 2.68. The van der Waals surface area contributed by atoms with Gasteiger partial charge < -0.3 is 20.1 Å². The Morgan fingerprint density at radius 3 is 2.57 bits per heavy atom. The number of carboxylic acids is 1. The predicted molar refractivity (Wildman–Crippen MR) is 68.1 cm³/mol. The lowest BCUT2D eigenvalue weighted by Crippen LogP contribution is -2.44. The number of hydrogen-bond acceptors (Lipinski definition) is 4. The summed E-state index contributed by atoms with van der Waals surface area (Å²) >= 11 is 0. The molecule has 1 aromatic carbocycles. The van der Waals surface area contributed by atoms with Gasteiger partial charge in [0.1, 0.15) is 16.9 Å². The van der Waals surface area contributed by atoms with Crippen LogP contribution >= 0.6 is 0 Å². The van der Waals surface area contributed by atoms with E-state index in [4.69, 9.17) is 9.84 Å². The van der Waals surface area contributed by atoms with Crippen LogP contribution in [0.3, 0.4) is 0 Å². The van der Waals surface area contributed by atoms with Crippen LogP contribution in [0, 0.1) is 17.5 Å². The molecule has 0 amide bonds. The van der Waals surface area contributed by atoms with Crippen molar-refractivity contribution in [2.24, 2.45) is 0 Å². The molecule has 3 rings (SSSR count). The van der Waals surface area contributed by atoms with Gasteiger partial charge in [-0.2, -0.15) is 0 Å². The third-order valence-corrected chi connectivity index (χ3v) is 3.81. The lowest BCUT2D eigenvalue weighted by Gasteiger charge is -2.33. The van der Waals surface area contributed by atoms with E-state index in [1.165, 1.54) is 4.90 Å². The summed E-state index contributed by atoms with van der Waals surface area (Å²) in [6.45, 7) is 2.53. The van der Waals surface area contributed by atoms with Crippen molar-refractivity contribution < 1.29 is 27.8 Å². The molecule has 2 N–H and O–H groups in total. The van der Waals surface area contributed by atoms with E-state index in [0.717, 1.165) is 6.42 Å². The van der Waals surface area contributed by atoms with Crippen molar-refractivity contribution in [3.8, 4) is 0 Å². The van der Waals surface area contributed by atoms with E-state index in [2.05, 4.69) is 5.32 Å². The summed E-state index contributed by atoms with van der Waals surface area (Å²) in [6.07, 6.45) is 0.174. The van der Waals surface area contributed by atoms with E-state index in [0.29, 0.717) is 6.61 Å². The van der Waals surface area contributed by atoms with E-state index in [1.807, 2.05) is 0 Å². The Hall–Kier alpha value is -1.96. The number of fused-ring (bicyclic) bond motifs is 1. The molecule has 1 aromatic rings. The third-order valence-electron chi connectivity index (χ3n) is 3.81. The van der Waals surface area contributed by atoms with E-state index >= 15 is 0 Å². The van der Waals surface area contributed by atoms with Gasteiger partial charge in [0.15, 0.2) is 17.5 Å². The molecule has 0 aliphatic carbocycles. The Balaban J connectivity index is 2.10. The highest BCUT2D eigenvalue weighted by atomic mass is 19.2. The highest BCUT2D eigenvalue weighted by molar-refractivity contribution is 5.93. The van der Waals surface area contributed by atoms with E-state index in [1.54, 1.807) is 6.92 Å². The van der Waals surface area contributed by atoms with Gasteiger partial charge in [-0.05, 0) is 13.3 Å². The monoisotopic (exact) mass is 302 g/mol. The number of ether oxygens (including phenoxy) is 1. The Kier molecular flexibility index (Phi) is 3.20. The van der Waals surface area contributed by atoms with Crippen molar-refractivity contribution in [3.63, 3.8) is 0 Å². The number of carbonyl (C=O) groups is 1. The summed E-state index contributed by atoms with van der Waals surface area (Å²) in [5.41, 5.74) is -1.88. The van der Waals surface area contributed by atoms with Gasteiger partial charge in [-0.25, -0.2) is 18.0 Å². The molecule has 2 atom stereocenters. The first kappa shape index (κ1) is 14.0. The molecule has 8 heteroatoms. The number of hydrogen-bond donors (Lipinski definition) is 2. The summed E-state index contributed by atoms with van der Waals surface area (Å²) in [7, 11) is 0. The summed E-state index contributed by atoms with van der Waals surface area (Å²) in [6, 6.07) is 0. The molecule has 0 saturated carbocycles. The van der Waals surface area contributed by atoms with E-state index in [-0.39, 0.29) is 24.0 Å². The second kappa shape index (κ2) is 4.80. The topological polar surface area (TPSA) is 61.8 Å². The molecule has 1 fully saturated rings. The van der Waals surface area contributed by atoms with Crippen LogP contribution in [0.25, 0.3) is 0 Å². The number of nitrogens with zero attached hydrogens (tertiary/aromatic N) is 1. The number of benzene rings is 1. The fourth-order valence-corrected chi connectivity index (χ4v) is 2.61. The molecule has 114 valence electrons. The molecular formula is C13H13F3N2O3. The minimum Gasteiger partial charge on any atom is -0.477 e. The number of rotatable bonds is 3. The minimum atomic E-state index is -1.84. The van der Waals surface area contributed by atoms with Crippen LogP contribution in [-0.2, 0) is 4.74 Å². The SMILES string of the molecule is CC1Nc2c(F)c(F)c(C(=O)O)c(F)c2N1C[C@@H]1CCO1. The first-order valence-electron chi connectivity index (χ1n) is 6.50. The molecule has 0 spiro atoms. The zero-order chi connectivity index (χ0) is 15.3. The molecule has 0 aromatic heterocycles. The predicted octanol–water partition coefficient (Wildman–Crippen LogP) is 2.17. The molecule has 5 nitrogen and oxygen atoms in total. The molecule has 2 aliphatic heterocycles. The summed E-state index contributed by atoms with van der Waals surface area (Å²) in [5.74, 6) is -6.19. The summed E-state index contributed by atoms with van der Waals surface area (Å²) in [4.78, 5) is 12.4. The molecule has 1 unspecified atom stereocenters. The lowest BCUT2D eigenvalue weighted by atomic mass is 10.1. The molecular weight excluding hydrogens is 289 g/mol. The quantitative estimate of drug-likeness (QED) is 0.838. The van der Waals surface area contributed by atoms with Gasteiger partial charge in [0.2, 0.25) is 0 Å². The summed E-state index contributed by atoms with van der Waals surface area (Å²) < 4.78 is 47.2. The van der Waals surface area contributed by atoms with Gasteiger partial charge in [0.25, 0.3) is 0 Å². The van der Waals surface area contributed by atoms with Crippen LogP contribution in [0.15, 0.2) is 0 Å². The smallest absolute Gasteiger partial charge is 0.341 e. The highest BCUT2D eigenvalue weighted by Crippen LogP contribution is 2.42. The van der Waals surface area contributed by atoms with E-state index in [9.17, 15) is 18.0 Å². The normalized spacial score (nSPS) is 23.5. The first-order valence-corrected chi connectivity index (χ1v) is 6.50. The molecule has 21 heavy (non-hydrogen) atoms. The number of anilines is 2. The van der Waals surface area contributed by atoms with Crippen molar-refractivity contribution in [2.75, 3.05) is 23.4 Å². The van der Waals surface area contributed by atoms with E-state index < -0.39 is 35.2 Å². The van der Waals surface area contributed by atoms with Gasteiger partial charge in [-0.15, -0.1) is 0 Å². The zero-order valence-corrected chi connectivity index (χ0v) is 11.1. The van der Waals surface area contributed by atoms with Crippen molar-refractivity contribution in [1.29, 1.82) is 0 Å². The summed E-state index contributed by atoms with van der Waals surface area (Å²) in [5, 5.41) is 11.5. The molecule has 1 saturated heterocycles. The van der Waals surface area contributed by atoms with Gasteiger partial charge >= 0.3 is 5.97 Å². The zero-order valence-electron chi connectivity index (χ0n) is 11.1. The fourth-order valence-electron chi connectivity index (χ4n) is 2.61. The van der Waals surface area contributed by atoms with Crippen LogP contribution in [0.4, 0.5) is 24.5 Å². The number of carboxylic acid groups (broad SMARTS) is 1. The Labute approximate surface area is 118 Å². The largest absolute Gasteiger partial charge is 0.477 e. The van der Waals surface area contributed by atoms with Gasteiger partial charge in [-0.3, -0.25) is 0 Å². The second-order valence-corrected chi connectivity index (χ2v) is 5.10. The lowest BCUT2D eigenvalue weighted by molar-refractivity contribution is -0.0449. The maximum Gasteiger partial charge on any atom is 0.341 e. The Morgan fingerprint density at radius 2 is 2.05 bits per heavy atom. The number of aromatic carboxylic acids is 1. The number of halogens is 3. The maximum absolute atomic E-state index is 14.4. The van der Waals surface area contributed by atoms with Crippen LogP contribution in [0.1, 0.15) is 23.7 Å². The molecule has 0 bridgehead atoms. The maximum atomic E-state index is 14.4. The van der Waals surface area contributed by atoms with Crippen LogP contribution in [-0.4, -0.2) is 36.5 Å². The van der Waals surface area contributed by atoms with Gasteiger partial charge in [0, 0.05) is 13.2 Å². The van der Waals surface area contributed by atoms with Crippen molar-refractivity contribution in [2.45, 2.75) is 25.6 Å². The molecule has 0 radical (unpaired) electrons. The average molecular weight is 302 g/mol. The molecule has 2 aliphatic rings. The van der Waals surface area contributed by atoms with Crippen molar-refractivity contribution >= 4 is 17.3 Å². The van der Waals surface area contributed by atoms with Gasteiger partial charge in [0.05, 0.1) is 12.3 Å². The minimum absolute atomic E-state index is 0.124. The molecule has 2 heterocycles. The van der Waals surface area contributed by atoms with Crippen LogP contribution in [0.5, 0.6) is 0 Å². The highest BCUT2D eigenvalue weighted by Gasteiger charge is 2.39. The van der Waals surface area contributed by atoms with Crippen molar-refractivity contribution in [3.05, 3.63) is 23.0 Å². The van der Waals surface area contributed by atoms with Crippen LogP contribution in [0.2, 0.25) is 0 Å². The first-order chi connectivity index (χ1) is 9.91. The van der Waals surface area contributed by atoms with Crippen LogP contribution < -0.4 is 10.2 Å². The van der Waals surface area contributed by atoms with Crippen molar-refractivity contribution in [1.82, 2.24) is 0 Å². The third kappa shape index (κ3) is 2.01. The Morgan fingerprint density at radius 1 is 1.38 bits per heavy atom. The van der Waals surface area contributed by atoms with Gasteiger partial charge in [-0.1, -0.05) is 0 Å². The standard InChI is InChI=1S/C13H13F3N2O3/c1-5-17-11-10(16)8(14)7(13(19)20)9(15)12(11)18(5)4-6-2-3-21-6/h5-6,17H,2-4H2,1H3,(H,19,20)/t5?,6-/m0/s1. The second-order valence-electron chi connectivity index (χ2n) is 5.10. The fraction of sp³-hybridized carbons (Fsp3) is 0.462. The number of nitrogens with one attached hydrogen (secondary N) is 1. The Bertz CT molecular complexity index is 619.